The average Bonchev–Trinajstić information content (AvgIpc) is 2.81. The van der Waals surface area contributed by atoms with Crippen LogP contribution in [0.2, 0.25) is 0 Å². The van der Waals surface area contributed by atoms with Crippen LogP contribution in [0.3, 0.4) is 0 Å². The van der Waals surface area contributed by atoms with Gasteiger partial charge in [-0.2, -0.15) is 0 Å². The summed E-state index contributed by atoms with van der Waals surface area (Å²) in [6.45, 7) is 1.84. The number of nitrogens with zero attached hydrogens (tertiary/aromatic N) is 1. The highest BCUT2D eigenvalue weighted by atomic mass is 32.1. The molecule has 1 aliphatic rings. The van der Waals surface area contributed by atoms with Gasteiger partial charge in [-0.3, -0.25) is 9.69 Å². The van der Waals surface area contributed by atoms with Gasteiger partial charge < -0.3 is 10.2 Å². The fourth-order valence-corrected chi connectivity index (χ4v) is 3.41. The SMILES string of the molecule is O=C(O)C1c2ccsc2CCN1CCCCCO. The summed E-state index contributed by atoms with van der Waals surface area (Å²) >= 11 is 1.66. The second-order valence-corrected chi connectivity index (χ2v) is 5.61. The van der Waals surface area contributed by atoms with Gasteiger partial charge >= 0.3 is 5.97 Å². The van der Waals surface area contributed by atoms with Crippen molar-refractivity contribution >= 4 is 17.3 Å². The van der Waals surface area contributed by atoms with Crippen LogP contribution in [-0.4, -0.2) is 40.8 Å². The fourth-order valence-electron chi connectivity index (χ4n) is 2.50. The van der Waals surface area contributed by atoms with Gasteiger partial charge in [0.15, 0.2) is 0 Å². The molecule has 18 heavy (non-hydrogen) atoms. The van der Waals surface area contributed by atoms with Crippen molar-refractivity contribution in [2.45, 2.75) is 31.7 Å². The number of rotatable bonds is 6. The van der Waals surface area contributed by atoms with Gasteiger partial charge in [0.1, 0.15) is 6.04 Å². The van der Waals surface area contributed by atoms with E-state index < -0.39 is 12.0 Å². The number of thiophene rings is 1. The Labute approximate surface area is 111 Å². The minimum absolute atomic E-state index is 0.219. The number of aliphatic hydroxyl groups excluding tert-OH is 1. The fraction of sp³-hybridized carbons (Fsp3) is 0.615. The van der Waals surface area contributed by atoms with Gasteiger partial charge in [0.05, 0.1) is 0 Å². The Bertz CT molecular complexity index is 405. The molecule has 1 aromatic heterocycles. The first-order valence-electron chi connectivity index (χ1n) is 6.38. The third-order valence-corrected chi connectivity index (χ3v) is 4.40. The quantitative estimate of drug-likeness (QED) is 0.774. The lowest BCUT2D eigenvalue weighted by Crippen LogP contribution is -2.39. The Hall–Kier alpha value is -0.910. The van der Waals surface area contributed by atoms with E-state index in [1.807, 2.05) is 11.4 Å². The smallest absolute Gasteiger partial charge is 0.325 e. The normalized spacial score (nSPS) is 19.7. The van der Waals surface area contributed by atoms with Gasteiger partial charge in [0.2, 0.25) is 0 Å². The van der Waals surface area contributed by atoms with Crippen LogP contribution in [0.1, 0.15) is 35.7 Å². The van der Waals surface area contributed by atoms with Crippen molar-refractivity contribution in [1.29, 1.82) is 0 Å². The molecule has 2 rings (SSSR count). The number of hydrogen-bond donors (Lipinski definition) is 2. The molecule has 1 atom stereocenters. The topological polar surface area (TPSA) is 60.8 Å². The van der Waals surface area contributed by atoms with E-state index in [-0.39, 0.29) is 6.61 Å². The summed E-state index contributed by atoms with van der Waals surface area (Å²) < 4.78 is 0. The van der Waals surface area contributed by atoms with Crippen LogP contribution in [0.4, 0.5) is 0 Å². The van der Waals surface area contributed by atoms with Crippen LogP contribution in [0.25, 0.3) is 0 Å². The summed E-state index contributed by atoms with van der Waals surface area (Å²) in [5.41, 5.74) is 0.973. The van der Waals surface area contributed by atoms with Crippen molar-refractivity contribution in [3.8, 4) is 0 Å². The zero-order valence-electron chi connectivity index (χ0n) is 10.3. The standard InChI is InChI=1S/C13H19NO3S/c15-8-3-1-2-6-14-7-4-11-10(5-9-18-11)12(14)13(16)17/h5,9,12,15H,1-4,6-8H2,(H,16,17). The largest absolute Gasteiger partial charge is 0.480 e. The highest BCUT2D eigenvalue weighted by Gasteiger charge is 2.33. The van der Waals surface area contributed by atoms with E-state index in [0.717, 1.165) is 44.3 Å². The van der Waals surface area contributed by atoms with E-state index in [9.17, 15) is 9.90 Å². The zero-order chi connectivity index (χ0) is 13.0. The van der Waals surface area contributed by atoms with Crippen molar-refractivity contribution in [1.82, 2.24) is 4.90 Å². The summed E-state index contributed by atoms with van der Waals surface area (Å²) in [7, 11) is 0. The molecule has 0 amide bonds. The third kappa shape index (κ3) is 2.91. The Balaban J connectivity index is 2.00. The highest BCUT2D eigenvalue weighted by Crippen LogP contribution is 2.33. The predicted octanol–water partition coefficient (Wildman–Crippen LogP) is 1.89. The van der Waals surface area contributed by atoms with Crippen LogP contribution in [0.15, 0.2) is 11.4 Å². The molecule has 0 bridgehead atoms. The minimum atomic E-state index is -0.753. The van der Waals surface area contributed by atoms with Gasteiger partial charge in [-0.1, -0.05) is 0 Å². The Kier molecular flexibility index (Phi) is 4.74. The number of unbranched alkanes of at least 4 members (excludes halogenated alkanes) is 2. The minimum Gasteiger partial charge on any atom is -0.480 e. The van der Waals surface area contributed by atoms with Crippen LogP contribution in [0.5, 0.6) is 0 Å². The summed E-state index contributed by atoms with van der Waals surface area (Å²) in [5.74, 6) is -0.753. The molecule has 2 heterocycles. The lowest BCUT2D eigenvalue weighted by atomic mass is 9.99. The Morgan fingerprint density at radius 3 is 3.00 bits per heavy atom. The molecule has 0 radical (unpaired) electrons. The number of carbonyl (C=O) groups is 1. The third-order valence-electron chi connectivity index (χ3n) is 3.40. The van der Waals surface area contributed by atoms with Crippen LogP contribution in [-0.2, 0) is 11.2 Å². The van der Waals surface area contributed by atoms with Gasteiger partial charge in [-0.05, 0) is 49.2 Å². The van der Waals surface area contributed by atoms with Gasteiger partial charge in [-0.25, -0.2) is 0 Å². The second-order valence-electron chi connectivity index (χ2n) is 4.61. The summed E-state index contributed by atoms with van der Waals surface area (Å²) in [6.07, 6.45) is 3.66. The van der Waals surface area contributed by atoms with Crippen molar-refractivity contribution in [3.05, 3.63) is 21.9 Å². The van der Waals surface area contributed by atoms with E-state index in [2.05, 4.69) is 4.90 Å². The molecule has 1 aromatic rings. The molecule has 1 unspecified atom stereocenters. The number of carboxylic acid groups (broad SMARTS) is 1. The molecule has 2 N–H and O–H groups in total. The Morgan fingerprint density at radius 1 is 1.44 bits per heavy atom. The first-order valence-corrected chi connectivity index (χ1v) is 7.26. The van der Waals surface area contributed by atoms with Gasteiger partial charge in [0, 0.05) is 18.0 Å². The number of hydrogen-bond acceptors (Lipinski definition) is 4. The maximum atomic E-state index is 11.4. The number of aliphatic hydroxyl groups is 1. The first-order chi connectivity index (χ1) is 8.74. The lowest BCUT2D eigenvalue weighted by Gasteiger charge is -2.33. The molecule has 0 saturated carbocycles. The molecule has 0 spiro atoms. The lowest BCUT2D eigenvalue weighted by molar-refractivity contribution is -0.144. The molecule has 0 aliphatic carbocycles. The van der Waals surface area contributed by atoms with E-state index in [4.69, 9.17) is 5.11 Å². The van der Waals surface area contributed by atoms with E-state index >= 15 is 0 Å². The van der Waals surface area contributed by atoms with Crippen LogP contribution >= 0.6 is 11.3 Å². The summed E-state index contributed by atoms with van der Waals surface area (Å²) in [5, 5.41) is 20.1. The maximum absolute atomic E-state index is 11.4. The average molecular weight is 269 g/mol. The maximum Gasteiger partial charge on any atom is 0.325 e. The molecule has 5 heteroatoms. The van der Waals surface area contributed by atoms with Gasteiger partial charge in [-0.15, -0.1) is 11.3 Å². The highest BCUT2D eigenvalue weighted by molar-refractivity contribution is 7.10. The van der Waals surface area contributed by atoms with E-state index in [0.29, 0.717) is 0 Å². The first kappa shape index (κ1) is 13.5. The molecule has 100 valence electrons. The number of carboxylic acids is 1. The summed E-state index contributed by atoms with van der Waals surface area (Å²) in [6, 6.07) is 1.47. The van der Waals surface area contributed by atoms with Crippen molar-refractivity contribution in [2.75, 3.05) is 19.7 Å². The molecular weight excluding hydrogens is 250 g/mol. The van der Waals surface area contributed by atoms with Crippen LogP contribution < -0.4 is 0 Å². The predicted molar refractivity (Wildman–Crippen MR) is 70.9 cm³/mol. The zero-order valence-corrected chi connectivity index (χ0v) is 11.2. The van der Waals surface area contributed by atoms with Crippen molar-refractivity contribution in [3.63, 3.8) is 0 Å². The molecule has 4 nitrogen and oxygen atoms in total. The van der Waals surface area contributed by atoms with E-state index in [1.165, 1.54) is 4.88 Å². The molecular formula is C13H19NO3S. The number of fused-ring (bicyclic) bond motifs is 1. The Morgan fingerprint density at radius 2 is 2.28 bits per heavy atom. The molecule has 0 saturated heterocycles. The van der Waals surface area contributed by atoms with E-state index in [1.54, 1.807) is 11.3 Å². The molecule has 0 fully saturated rings. The second kappa shape index (κ2) is 6.31. The van der Waals surface area contributed by atoms with Crippen molar-refractivity contribution in [2.24, 2.45) is 0 Å². The van der Waals surface area contributed by atoms with Gasteiger partial charge in [0.25, 0.3) is 0 Å². The van der Waals surface area contributed by atoms with Crippen LogP contribution in [0, 0.1) is 0 Å². The molecule has 1 aliphatic heterocycles. The summed E-state index contributed by atoms with van der Waals surface area (Å²) in [4.78, 5) is 14.7. The van der Waals surface area contributed by atoms with Crippen molar-refractivity contribution < 1.29 is 15.0 Å². The molecule has 0 aromatic carbocycles. The number of aliphatic carboxylic acids is 1. The monoisotopic (exact) mass is 269 g/mol.